The fourth-order valence-electron chi connectivity index (χ4n) is 3.23. The predicted octanol–water partition coefficient (Wildman–Crippen LogP) is -0.103. The quantitative estimate of drug-likeness (QED) is 0.708. The third kappa shape index (κ3) is 2.56. The third-order valence-corrected chi connectivity index (χ3v) is 3.88. The van der Waals surface area contributed by atoms with Gasteiger partial charge in [0.25, 0.3) is 0 Å². The van der Waals surface area contributed by atoms with E-state index in [4.69, 9.17) is 0 Å². The first-order chi connectivity index (χ1) is 7.58. The molecular weight excluding hydrogens is 204 g/mol. The van der Waals surface area contributed by atoms with Crippen LogP contribution in [0.3, 0.4) is 0 Å². The molecule has 16 heavy (non-hydrogen) atoms. The van der Waals surface area contributed by atoms with Gasteiger partial charge in [-0.15, -0.1) is 0 Å². The molecule has 4 nitrogen and oxygen atoms in total. The summed E-state index contributed by atoms with van der Waals surface area (Å²) in [7, 11) is 4.13. The highest BCUT2D eigenvalue weighted by Crippen LogP contribution is 2.30. The SMILES string of the molecule is CN(C)CC1CC(O)CN1[C@H]1CCC[C@@H]1O. The molecule has 0 radical (unpaired) electrons. The van der Waals surface area contributed by atoms with Gasteiger partial charge in [-0.1, -0.05) is 0 Å². The van der Waals surface area contributed by atoms with E-state index in [9.17, 15) is 10.2 Å². The first kappa shape index (κ1) is 12.3. The number of aliphatic hydroxyl groups is 2. The zero-order valence-electron chi connectivity index (χ0n) is 10.3. The lowest BCUT2D eigenvalue weighted by Gasteiger charge is -2.33. The van der Waals surface area contributed by atoms with Gasteiger partial charge in [-0.05, 0) is 39.8 Å². The van der Waals surface area contributed by atoms with Gasteiger partial charge in [-0.2, -0.15) is 0 Å². The average molecular weight is 228 g/mol. The Morgan fingerprint density at radius 3 is 2.56 bits per heavy atom. The van der Waals surface area contributed by atoms with Crippen LogP contribution in [-0.4, -0.2) is 71.5 Å². The molecule has 94 valence electrons. The normalized spacial score (nSPS) is 41.1. The molecule has 1 saturated heterocycles. The molecule has 0 aromatic rings. The second kappa shape index (κ2) is 5.00. The first-order valence-electron chi connectivity index (χ1n) is 6.34. The van der Waals surface area contributed by atoms with Crippen LogP contribution in [0.2, 0.25) is 0 Å². The fraction of sp³-hybridized carbons (Fsp3) is 1.00. The summed E-state index contributed by atoms with van der Waals surface area (Å²) in [6.07, 6.45) is 3.57. The van der Waals surface area contributed by atoms with Crippen molar-refractivity contribution in [3.05, 3.63) is 0 Å². The Hall–Kier alpha value is -0.160. The van der Waals surface area contributed by atoms with Gasteiger partial charge in [0, 0.05) is 25.2 Å². The van der Waals surface area contributed by atoms with Crippen molar-refractivity contribution in [3.63, 3.8) is 0 Å². The lowest BCUT2D eigenvalue weighted by Crippen LogP contribution is -2.47. The molecule has 0 bridgehead atoms. The molecule has 1 heterocycles. The molecule has 1 saturated carbocycles. The molecule has 2 fully saturated rings. The van der Waals surface area contributed by atoms with Gasteiger partial charge in [0.05, 0.1) is 12.2 Å². The first-order valence-corrected chi connectivity index (χ1v) is 6.34. The van der Waals surface area contributed by atoms with Crippen LogP contribution in [0.15, 0.2) is 0 Å². The maximum atomic E-state index is 9.95. The summed E-state index contributed by atoms with van der Waals surface area (Å²) >= 11 is 0. The van der Waals surface area contributed by atoms with Crippen LogP contribution in [0.1, 0.15) is 25.7 Å². The number of β-amino-alcohol motifs (C(OH)–C–C–N with tert-alkyl or cyclic N) is 1. The minimum atomic E-state index is -0.210. The highest BCUT2D eigenvalue weighted by Gasteiger charge is 2.40. The Bertz CT molecular complexity index is 235. The summed E-state index contributed by atoms with van der Waals surface area (Å²) in [6.45, 7) is 1.71. The monoisotopic (exact) mass is 228 g/mol. The molecule has 1 aliphatic carbocycles. The van der Waals surface area contributed by atoms with Gasteiger partial charge in [-0.3, -0.25) is 4.90 Å². The number of hydrogen-bond acceptors (Lipinski definition) is 4. The van der Waals surface area contributed by atoms with Crippen LogP contribution in [0.25, 0.3) is 0 Å². The molecule has 0 spiro atoms. The van der Waals surface area contributed by atoms with E-state index < -0.39 is 0 Å². The molecule has 0 aromatic heterocycles. The van der Waals surface area contributed by atoms with Crippen molar-refractivity contribution in [2.24, 2.45) is 0 Å². The highest BCUT2D eigenvalue weighted by molar-refractivity contribution is 4.95. The number of likely N-dealkylation sites (tertiary alicyclic amines) is 1. The molecule has 0 amide bonds. The Balaban J connectivity index is 2.00. The van der Waals surface area contributed by atoms with Gasteiger partial charge < -0.3 is 15.1 Å². The Morgan fingerprint density at radius 1 is 1.25 bits per heavy atom. The molecular formula is C12H24N2O2. The minimum Gasteiger partial charge on any atom is -0.392 e. The smallest absolute Gasteiger partial charge is 0.0695 e. The highest BCUT2D eigenvalue weighted by atomic mass is 16.3. The zero-order valence-corrected chi connectivity index (χ0v) is 10.3. The van der Waals surface area contributed by atoms with Crippen LogP contribution in [0, 0.1) is 0 Å². The number of likely N-dealkylation sites (N-methyl/N-ethyl adjacent to an activating group) is 1. The van der Waals surface area contributed by atoms with E-state index in [2.05, 4.69) is 23.9 Å². The van der Waals surface area contributed by atoms with Crippen molar-refractivity contribution in [3.8, 4) is 0 Å². The maximum absolute atomic E-state index is 9.95. The second-order valence-electron chi connectivity index (χ2n) is 5.57. The van der Waals surface area contributed by atoms with Crippen LogP contribution in [0.5, 0.6) is 0 Å². The molecule has 2 unspecified atom stereocenters. The van der Waals surface area contributed by atoms with E-state index in [1.165, 1.54) is 0 Å². The van der Waals surface area contributed by atoms with Crippen LogP contribution in [0.4, 0.5) is 0 Å². The fourth-order valence-corrected chi connectivity index (χ4v) is 3.23. The molecule has 4 heteroatoms. The summed E-state index contributed by atoms with van der Waals surface area (Å²) < 4.78 is 0. The van der Waals surface area contributed by atoms with Crippen molar-refractivity contribution >= 4 is 0 Å². The van der Waals surface area contributed by atoms with E-state index >= 15 is 0 Å². The van der Waals surface area contributed by atoms with E-state index in [1.807, 2.05) is 0 Å². The van der Waals surface area contributed by atoms with E-state index in [0.29, 0.717) is 6.04 Å². The number of nitrogens with zero attached hydrogens (tertiary/aromatic N) is 2. The van der Waals surface area contributed by atoms with Crippen molar-refractivity contribution < 1.29 is 10.2 Å². The standard InChI is InChI=1S/C12H24N2O2/c1-13(2)7-9-6-10(15)8-14(9)11-4-3-5-12(11)16/h9-12,15-16H,3-8H2,1-2H3/t9?,10?,11-,12-/m0/s1. The summed E-state index contributed by atoms with van der Waals surface area (Å²) in [6, 6.07) is 0.685. The van der Waals surface area contributed by atoms with Gasteiger partial charge in [0.2, 0.25) is 0 Å². The second-order valence-corrected chi connectivity index (χ2v) is 5.57. The summed E-state index contributed by atoms with van der Waals surface area (Å²) in [5.41, 5.74) is 0. The molecule has 2 rings (SSSR count). The van der Waals surface area contributed by atoms with Gasteiger partial charge in [0.1, 0.15) is 0 Å². The van der Waals surface area contributed by atoms with E-state index in [1.54, 1.807) is 0 Å². The van der Waals surface area contributed by atoms with Crippen LogP contribution in [-0.2, 0) is 0 Å². The third-order valence-electron chi connectivity index (χ3n) is 3.88. The van der Waals surface area contributed by atoms with Crippen molar-refractivity contribution in [1.82, 2.24) is 9.80 Å². The molecule has 4 atom stereocenters. The number of aliphatic hydroxyl groups excluding tert-OH is 2. The van der Waals surface area contributed by atoms with Crippen molar-refractivity contribution in [2.45, 2.75) is 50.0 Å². The topological polar surface area (TPSA) is 46.9 Å². The Kier molecular flexibility index (Phi) is 3.85. The van der Waals surface area contributed by atoms with Crippen LogP contribution >= 0.6 is 0 Å². The molecule has 2 aliphatic rings. The van der Waals surface area contributed by atoms with E-state index in [-0.39, 0.29) is 18.2 Å². The molecule has 0 aromatic carbocycles. The average Bonchev–Trinajstić information content (AvgIpc) is 2.71. The lowest BCUT2D eigenvalue weighted by molar-refractivity contribution is 0.0513. The minimum absolute atomic E-state index is 0.185. The van der Waals surface area contributed by atoms with Gasteiger partial charge in [-0.25, -0.2) is 0 Å². The Morgan fingerprint density at radius 2 is 2.00 bits per heavy atom. The largest absolute Gasteiger partial charge is 0.392 e. The van der Waals surface area contributed by atoms with E-state index in [0.717, 1.165) is 38.8 Å². The molecule has 1 aliphatic heterocycles. The van der Waals surface area contributed by atoms with Crippen molar-refractivity contribution in [1.29, 1.82) is 0 Å². The zero-order chi connectivity index (χ0) is 11.7. The van der Waals surface area contributed by atoms with Crippen molar-refractivity contribution in [2.75, 3.05) is 27.2 Å². The van der Waals surface area contributed by atoms with Gasteiger partial charge in [0.15, 0.2) is 0 Å². The summed E-state index contributed by atoms with van der Waals surface area (Å²) in [5.74, 6) is 0. The number of rotatable bonds is 3. The van der Waals surface area contributed by atoms with Crippen LogP contribution < -0.4 is 0 Å². The summed E-state index contributed by atoms with van der Waals surface area (Å²) in [4.78, 5) is 4.50. The predicted molar refractivity (Wildman–Crippen MR) is 63.3 cm³/mol. The Labute approximate surface area is 97.9 Å². The van der Waals surface area contributed by atoms with Gasteiger partial charge >= 0.3 is 0 Å². The lowest BCUT2D eigenvalue weighted by atomic mass is 10.1. The maximum Gasteiger partial charge on any atom is 0.0695 e. The molecule has 2 N–H and O–H groups in total. The number of hydrogen-bond donors (Lipinski definition) is 2. The summed E-state index contributed by atoms with van der Waals surface area (Å²) in [5, 5.41) is 19.7.